The van der Waals surface area contributed by atoms with Gasteiger partial charge < -0.3 is 0 Å². The second-order valence-corrected chi connectivity index (χ2v) is 9.07. The van der Waals surface area contributed by atoms with Gasteiger partial charge in [-0.3, -0.25) is 4.90 Å². The SMILES string of the molecule is CCCCCCCCCCN1C2CCCCC2CC(C)C1(C)C. The number of likely N-dealkylation sites (tertiary alicyclic amines) is 1. The van der Waals surface area contributed by atoms with E-state index < -0.39 is 0 Å². The van der Waals surface area contributed by atoms with Crippen molar-refractivity contribution in [3.05, 3.63) is 0 Å². The first-order chi connectivity index (χ1) is 11.1. The van der Waals surface area contributed by atoms with Crippen LogP contribution >= 0.6 is 0 Å². The van der Waals surface area contributed by atoms with Crippen molar-refractivity contribution >= 4 is 0 Å². The summed E-state index contributed by atoms with van der Waals surface area (Å²) in [6.07, 6.45) is 18.9. The van der Waals surface area contributed by atoms with E-state index in [2.05, 4.69) is 32.6 Å². The number of piperidine rings is 1. The van der Waals surface area contributed by atoms with Crippen LogP contribution in [0.5, 0.6) is 0 Å². The van der Waals surface area contributed by atoms with Gasteiger partial charge >= 0.3 is 0 Å². The van der Waals surface area contributed by atoms with E-state index >= 15 is 0 Å². The fourth-order valence-electron chi connectivity index (χ4n) is 5.20. The highest BCUT2D eigenvalue weighted by atomic mass is 15.2. The molecule has 1 aliphatic carbocycles. The van der Waals surface area contributed by atoms with Crippen LogP contribution < -0.4 is 0 Å². The summed E-state index contributed by atoms with van der Waals surface area (Å²) in [6, 6.07) is 0.902. The van der Waals surface area contributed by atoms with Crippen LogP contribution in [-0.2, 0) is 0 Å². The van der Waals surface area contributed by atoms with E-state index in [1.165, 1.54) is 90.0 Å². The molecule has 0 N–H and O–H groups in total. The molecule has 1 heteroatoms. The van der Waals surface area contributed by atoms with Gasteiger partial charge in [0.05, 0.1) is 0 Å². The van der Waals surface area contributed by atoms with Crippen molar-refractivity contribution in [2.45, 2.75) is 123 Å². The van der Waals surface area contributed by atoms with Crippen LogP contribution in [0.25, 0.3) is 0 Å². The Bertz CT molecular complexity index is 322. The molecule has 136 valence electrons. The summed E-state index contributed by atoms with van der Waals surface area (Å²) in [5, 5.41) is 0. The first-order valence-electron chi connectivity index (χ1n) is 10.8. The molecular formula is C22H43N. The van der Waals surface area contributed by atoms with E-state index in [4.69, 9.17) is 0 Å². The largest absolute Gasteiger partial charge is 0.295 e. The zero-order valence-electron chi connectivity index (χ0n) is 16.6. The first kappa shape index (κ1) is 19.3. The van der Waals surface area contributed by atoms with E-state index in [0.717, 1.165) is 17.9 Å². The Labute approximate surface area is 146 Å². The lowest BCUT2D eigenvalue weighted by Gasteiger charge is -2.56. The minimum atomic E-state index is 0.416. The standard InChI is InChI=1S/C22H43N/c1-5-6-7-8-9-10-11-14-17-23-21-16-13-12-15-20(21)18-19(2)22(23,3)4/h19-21H,5-18H2,1-4H3. The highest BCUT2D eigenvalue weighted by Crippen LogP contribution is 2.45. The Kier molecular flexibility index (Phi) is 7.92. The van der Waals surface area contributed by atoms with E-state index in [1.54, 1.807) is 0 Å². The second kappa shape index (κ2) is 9.44. The smallest absolute Gasteiger partial charge is 0.0181 e. The first-order valence-corrected chi connectivity index (χ1v) is 10.8. The molecular weight excluding hydrogens is 278 g/mol. The summed E-state index contributed by atoms with van der Waals surface area (Å²) in [4.78, 5) is 2.95. The van der Waals surface area contributed by atoms with Gasteiger partial charge in [0.1, 0.15) is 0 Å². The molecule has 1 saturated heterocycles. The maximum Gasteiger partial charge on any atom is 0.0181 e. The van der Waals surface area contributed by atoms with Gasteiger partial charge in [-0.05, 0) is 57.9 Å². The van der Waals surface area contributed by atoms with Gasteiger partial charge in [-0.25, -0.2) is 0 Å². The van der Waals surface area contributed by atoms with Crippen LogP contribution in [0.3, 0.4) is 0 Å². The van der Waals surface area contributed by atoms with Crippen molar-refractivity contribution in [1.29, 1.82) is 0 Å². The van der Waals surface area contributed by atoms with Crippen molar-refractivity contribution in [3.63, 3.8) is 0 Å². The molecule has 0 aromatic carbocycles. The highest BCUT2D eigenvalue weighted by Gasteiger charge is 2.45. The number of hydrogen-bond acceptors (Lipinski definition) is 1. The van der Waals surface area contributed by atoms with Crippen LogP contribution in [0.4, 0.5) is 0 Å². The highest BCUT2D eigenvalue weighted by molar-refractivity contribution is 5.00. The molecule has 0 aromatic rings. The third kappa shape index (κ3) is 5.21. The monoisotopic (exact) mass is 321 g/mol. The number of rotatable bonds is 9. The van der Waals surface area contributed by atoms with Crippen LogP contribution in [0.15, 0.2) is 0 Å². The predicted molar refractivity (Wildman–Crippen MR) is 103 cm³/mol. The van der Waals surface area contributed by atoms with Gasteiger partial charge in [0.2, 0.25) is 0 Å². The van der Waals surface area contributed by atoms with Crippen LogP contribution in [-0.4, -0.2) is 23.0 Å². The van der Waals surface area contributed by atoms with Crippen molar-refractivity contribution in [2.75, 3.05) is 6.54 Å². The summed E-state index contributed by atoms with van der Waals surface area (Å²) in [7, 11) is 0. The van der Waals surface area contributed by atoms with Gasteiger partial charge in [0, 0.05) is 11.6 Å². The van der Waals surface area contributed by atoms with Crippen molar-refractivity contribution < 1.29 is 0 Å². The Morgan fingerprint density at radius 1 is 0.870 bits per heavy atom. The molecule has 0 bridgehead atoms. The molecule has 2 aliphatic rings. The average Bonchev–Trinajstić information content (AvgIpc) is 2.53. The molecule has 0 amide bonds. The zero-order chi connectivity index (χ0) is 16.7. The quantitative estimate of drug-likeness (QED) is 0.422. The predicted octanol–water partition coefficient (Wildman–Crippen LogP) is 6.81. The van der Waals surface area contributed by atoms with Crippen LogP contribution in [0, 0.1) is 11.8 Å². The lowest BCUT2D eigenvalue weighted by Crippen LogP contribution is -2.61. The lowest BCUT2D eigenvalue weighted by atomic mass is 9.68. The van der Waals surface area contributed by atoms with Crippen molar-refractivity contribution in [1.82, 2.24) is 4.90 Å². The molecule has 1 aliphatic heterocycles. The zero-order valence-corrected chi connectivity index (χ0v) is 16.6. The molecule has 0 aromatic heterocycles. The number of nitrogens with zero attached hydrogens (tertiary/aromatic N) is 1. The van der Waals surface area contributed by atoms with Crippen LogP contribution in [0.2, 0.25) is 0 Å². The summed E-state index contributed by atoms with van der Waals surface area (Å²) in [5.41, 5.74) is 0.416. The van der Waals surface area contributed by atoms with Gasteiger partial charge in [0.15, 0.2) is 0 Å². The molecule has 1 heterocycles. The summed E-state index contributed by atoms with van der Waals surface area (Å²) in [6.45, 7) is 11.2. The van der Waals surface area contributed by atoms with E-state index in [0.29, 0.717) is 5.54 Å². The summed E-state index contributed by atoms with van der Waals surface area (Å²) >= 11 is 0. The Balaban J connectivity index is 1.74. The second-order valence-electron chi connectivity index (χ2n) is 9.07. The molecule has 2 fully saturated rings. The van der Waals surface area contributed by atoms with E-state index in [1.807, 2.05) is 0 Å². The molecule has 3 unspecified atom stereocenters. The normalized spacial score (nSPS) is 31.0. The third-order valence-electron chi connectivity index (χ3n) is 7.12. The summed E-state index contributed by atoms with van der Waals surface area (Å²) in [5.74, 6) is 1.86. The molecule has 2 rings (SSSR count). The van der Waals surface area contributed by atoms with Gasteiger partial charge in [0.25, 0.3) is 0 Å². The minimum Gasteiger partial charge on any atom is -0.295 e. The van der Waals surface area contributed by atoms with Crippen molar-refractivity contribution in [3.8, 4) is 0 Å². The molecule has 0 spiro atoms. The third-order valence-corrected chi connectivity index (χ3v) is 7.12. The molecule has 0 radical (unpaired) electrons. The fourth-order valence-corrected chi connectivity index (χ4v) is 5.20. The molecule has 3 atom stereocenters. The molecule has 23 heavy (non-hydrogen) atoms. The van der Waals surface area contributed by atoms with Gasteiger partial charge in [-0.2, -0.15) is 0 Å². The minimum absolute atomic E-state index is 0.416. The van der Waals surface area contributed by atoms with E-state index in [-0.39, 0.29) is 0 Å². The Morgan fingerprint density at radius 3 is 2.17 bits per heavy atom. The maximum atomic E-state index is 2.95. The topological polar surface area (TPSA) is 3.24 Å². The van der Waals surface area contributed by atoms with Crippen LogP contribution in [0.1, 0.15) is 111 Å². The van der Waals surface area contributed by atoms with Crippen molar-refractivity contribution in [2.24, 2.45) is 11.8 Å². The summed E-state index contributed by atoms with van der Waals surface area (Å²) < 4.78 is 0. The average molecular weight is 322 g/mol. The lowest BCUT2D eigenvalue weighted by molar-refractivity contribution is -0.0649. The number of unbranched alkanes of at least 4 members (excludes halogenated alkanes) is 7. The Morgan fingerprint density at radius 2 is 1.48 bits per heavy atom. The van der Waals surface area contributed by atoms with Gasteiger partial charge in [-0.1, -0.05) is 71.6 Å². The number of hydrogen-bond donors (Lipinski definition) is 0. The fraction of sp³-hybridized carbons (Fsp3) is 1.00. The Hall–Kier alpha value is -0.0400. The van der Waals surface area contributed by atoms with Gasteiger partial charge in [-0.15, -0.1) is 0 Å². The molecule has 1 saturated carbocycles. The number of fused-ring (bicyclic) bond motifs is 1. The molecule has 1 nitrogen and oxygen atoms in total. The maximum absolute atomic E-state index is 2.95. The van der Waals surface area contributed by atoms with E-state index in [9.17, 15) is 0 Å².